The number of hydrogen-bond acceptors (Lipinski definition) is 1. The van der Waals surface area contributed by atoms with E-state index < -0.39 is 0 Å². The summed E-state index contributed by atoms with van der Waals surface area (Å²) < 4.78 is 0. The van der Waals surface area contributed by atoms with Crippen LogP contribution in [0.3, 0.4) is 0 Å². The molecule has 1 rings (SSSR count). The van der Waals surface area contributed by atoms with Crippen LogP contribution in [0.1, 0.15) is 20.3 Å². The molecule has 0 atom stereocenters. The van der Waals surface area contributed by atoms with Crippen LogP contribution in [0.25, 0.3) is 0 Å². The zero-order valence-electron chi connectivity index (χ0n) is 6.79. The molecule has 1 aliphatic carbocycles. The average molecular weight is 149 g/mol. The summed E-state index contributed by atoms with van der Waals surface area (Å²) in [5, 5.41) is 0. The summed E-state index contributed by atoms with van der Waals surface area (Å²) in [4.78, 5) is 14.4. The monoisotopic (exact) mass is 149 g/mol. The molecule has 2 heteroatoms. The van der Waals surface area contributed by atoms with Crippen LogP contribution in [-0.2, 0) is 4.79 Å². The van der Waals surface area contributed by atoms with Crippen LogP contribution in [0.15, 0.2) is 28.8 Å². The zero-order valence-corrected chi connectivity index (χ0v) is 6.79. The molecule has 0 heterocycles. The van der Waals surface area contributed by atoms with Crippen molar-refractivity contribution < 1.29 is 4.79 Å². The van der Waals surface area contributed by atoms with Gasteiger partial charge in [0.1, 0.15) is 0 Å². The first-order chi connectivity index (χ1) is 5.18. The van der Waals surface area contributed by atoms with Crippen LogP contribution in [0.5, 0.6) is 0 Å². The number of amides is 1. The van der Waals surface area contributed by atoms with Crippen molar-refractivity contribution >= 4 is 11.6 Å². The van der Waals surface area contributed by atoms with Crippen LogP contribution < -0.4 is 0 Å². The van der Waals surface area contributed by atoms with E-state index in [9.17, 15) is 4.79 Å². The van der Waals surface area contributed by atoms with Crippen molar-refractivity contribution in [2.24, 2.45) is 4.99 Å². The van der Waals surface area contributed by atoms with Crippen molar-refractivity contribution in [3.63, 3.8) is 0 Å². The maximum atomic E-state index is 10.6. The van der Waals surface area contributed by atoms with E-state index in [0.717, 1.165) is 12.1 Å². The molecule has 0 N–H and O–H groups in total. The summed E-state index contributed by atoms with van der Waals surface area (Å²) in [5.41, 5.74) is 2.10. The van der Waals surface area contributed by atoms with Gasteiger partial charge in [-0.25, -0.2) is 4.99 Å². The minimum Gasteiger partial charge on any atom is -0.273 e. The second-order valence-electron chi connectivity index (χ2n) is 2.67. The van der Waals surface area contributed by atoms with Crippen molar-refractivity contribution in [3.05, 3.63) is 23.8 Å². The van der Waals surface area contributed by atoms with Crippen LogP contribution in [0, 0.1) is 0 Å². The van der Waals surface area contributed by atoms with Gasteiger partial charge in [-0.1, -0.05) is 17.7 Å². The summed E-state index contributed by atoms with van der Waals surface area (Å²) in [6.45, 7) is 3.49. The lowest BCUT2D eigenvalue weighted by Gasteiger charge is -2.04. The number of allylic oxidation sites excluding steroid dienone is 4. The molecule has 1 amide bonds. The Morgan fingerprint density at radius 3 is 2.91 bits per heavy atom. The predicted octanol–water partition coefficient (Wildman–Crippen LogP) is 1.88. The predicted molar refractivity (Wildman–Crippen MR) is 45.6 cm³/mol. The van der Waals surface area contributed by atoms with Gasteiger partial charge in [-0.3, -0.25) is 4.79 Å². The molecule has 2 nitrogen and oxygen atoms in total. The van der Waals surface area contributed by atoms with E-state index in [4.69, 9.17) is 0 Å². The standard InChI is InChI=1S/C9H11NO/c1-7-4-3-5-9(6-7)10-8(2)11/h3-5H,6H2,1-2H3/b10-9-. The fourth-order valence-electron chi connectivity index (χ4n) is 1.01. The molecule has 1 aliphatic rings. The van der Waals surface area contributed by atoms with E-state index in [1.165, 1.54) is 12.5 Å². The number of aliphatic imine (C=N–C) groups is 1. The van der Waals surface area contributed by atoms with Crippen LogP contribution in [0.2, 0.25) is 0 Å². The third-order valence-corrected chi connectivity index (χ3v) is 1.43. The molecule has 0 aromatic rings. The topological polar surface area (TPSA) is 29.4 Å². The molecule has 0 aromatic heterocycles. The molecule has 0 saturated carbocycles. The Bertz CT molecular complexity index is 259. The molecule has 58 valence electrons. The Morgan fingerprint density at radius 2 is 2.36 bits per heavy atom. The number of hydrogen-bond donors (Lipinski definition) is 0. The molecule has 0 radical (unpaired) electrons. The van der Waals surface area contributed by atoms with Crippen LogP contribution >= 0.6 is 0 Å². The quantitative estimate of drug-likeness (QED) is 0.517. The van der Waals surface area contributed by atoms with Gasteiger partial charge in [0, 0.05) is 19.1 Å². The van der Waals surface area contributed by atoms with Gasteiger partial charge in [-0.15, -0.1) is 0 Å². The van der Waals surface area contributed by atoms with Gasteiger partial charge in [0.05, 0.1) is 0 Å². The normalized spacial score (nSPS) is 20.2. The molecule has 0 bridgehead atoms. The van der Waals surface area contributed by atoms with Gasteiger partial charge in [-0.05, 0) is 13.0 Å². The van der Waals surface area contributed by atoms with Gasteiger partial charge >= 0.3 is 0 Å². The van der Waals surface area contributed by atoms with Crippen LogP contribution in [-0.4, -0.2) is 11.6 Å². The van der Waals surface area contributed by atoms with E-state index in [-0.39, 0.29) is 5.91 Å². The van der Waals surface area contributed by atoms with Crippen molar-refractivity contribution in [2.45, 2.75) is 20.3 Å². The number of rotatable bonds is 0. The smallest absolute Gasteiger partial charge is 0.242 e. The molecule has 0 saturated heterocycles. The fraction of sp³-hybridized carbons (Fsp3) is 0.333. The Kier molecular flexibility index (Phi) is 2.36. The molecule has 0 fully saturated rings. The van der Waals surface area contributed by atoms with Crippen molar-refractivity contribution in [3.8, 4) is 0 Å². The Balaban J connectivity index is 2.73. The maximum Gasteiger partial charge on any atom is 0.242 e. The number of carbonyl (C=O) groups excluding carboxylic acids is 1. The van der Waals surface area contributed by atoms with Crippen molar-refractivity contribution in [2.75, 3.05) is 0 Å². The van der Waals surface area contributed by atoms with Gasteiger partial charge < -0.3 is 0 Å². The first-order valence-corrected chi connectivity index (χ1v) is 3.60. The third kappa shape index (κ3) is 2.50. The first kappa shape index (κ1) is 7.92. The van der Waals surface area contributed by atoms with Crippen molar-refractivity contribution in [1.29, 1.82) is 0 Å². The SMILES string of the molecule is CC(=O)/N=C1/C=CC=C(C)C1. The molecule has 0 unspecified atom stereocenters. The third-order valence-electron chi connectivity index (χ3n) is 1.43. The molecular formula is C9H11NO. The lowest BCUT2D eigenvalue weighted by molar-refractivity contribution is -0.115. The highest BCUT2D eigenvalue weighted by Crippen LogP contribution is 2.08. The number of nitrogens with zero attached hydrogens (tertiary/aromatic N) is 1. The van der Waals surface area contributed by atoms with Gasteiger partial charge in [0.15, 0.2) is 0 Å². The highest BCUT2D eigenvalue weighted by atomic mass is 16.1. The lowest BCUT2D eigenvalue weighted by Crippen LogP contribution is -2.01. The lowest BCUT2D eigenvalue weighted by atomic mass is 10.1. The maximum absolute atomic E-state index is 10.6. The average Bonchev–Trinajstić information content (AvgIpc) is 1.85. The van der Waals surface area contributed by atoms with Gasteiger partial charge in [-0.2, -0.15) is 0 Å². The second kappa shape index (κ2) is 3.28. The second-order valence-corrected chi connectivity index (χ2v) is 2.67. The van der Waals surface area contributed by atoms with Gasteiger partial charge in [0.25, 0.3) is 0 Å². The minimum absolute atomic E-state index is 0.126. The molecule has 0 aromatic carbocycles. The minimum atomic E-state index is -0.126. The Hall–Kier alpha value is -1.18. The highest BCUT2D eigenvalue weighted by Gasteiger charge is 2.01. The van der Waals surface area contributed by atoms with E-state index in [0.29, 0.717) is 0 Å². The van der Waals surface area contributed by atoms with E-state index in [1.807, 2.05) is 25.2 Å². The first-order valence-electron chi connectivity index (χ1n) is 3.60. The summed E-state index contributed by atoms with van der Waals surface area (Å²) in [7, 11) is 0. The summed E-state index contributed by atoms with van der Waals surface area (Å²) in [6.07, 6.45) is 6.62. The largest absolute Gasteiger partial charge is 0.273 e. The Morgan fingerprint density at radius 1 is 1.64 bits per heavy atom. The zero-order chi connectivity index (χ0) is 8.27. The van der Waals surface area contributed by atoms with Crippen LogP contribution in [0.4, 0.5) is 0 Å². The molecule has 11 heavy (non-hydrogen) atoms. The van der Waals surface area contributed by atoms with E-state index >= 15 is 0 Å². The fourth-order valence-corrected chi connectivity index (χ4v) is 1.01. The summed E-state index contributed by atoms with van der Waals surface area (Å²) in [6, 6.07) is 0. The van der Waals surface area contributed by atoms with E-state index in [1.54, 1.807) is 0 Å². The molecular weight excluding hydrogens is 138 g/mol. The van der Waals surface area contributed by atoms with E-state index in [2.05, 4.69) is 4.99 Å². The number of carbonyl (C=O) groups is 1. The highest BCUT2D eigenvalue weighted by molar-refractivity contribution is 6.03. The molecule has 0 aliphatic heterocycles. The van der Waals surface area contributed by atoms with Gasteiger partial charge in [0.2, 0.25) is 5.91 Å². The summed E-state index contributed by atoms with van der Waals surface area (Å²) in [5.74, 6) is -0.126. The molecule has 0 spiro atoms. The Labute approximate surface area is 66.3 Å². The van der Waals surface area contributed by atoms with Crippen molar-refractivity contribution in [1.82, 2.24) is 0 Å². The summed E-state index contributed by atoms with van der Waals surface area (Å²) >= 11 is 0.